The molecule has 82 valence electrons. The Morgan fingerprint density at radius 1 is 1.14 bits per heavy atom. The Hall–Kier alpha value is -0.0400. The Labute approximate surface area is 88.4 Å². The predicted molar refractivity (Wildman–Crippen MR) is 61.1 cm³/mol. The summed E-state index contributed by atoms with van der Waals surface area (Å²) in [5.41, 5.74) is 6.87. The second-order valence-corrected chi connectivity index (χ2v) is 5.85. The fourth-order valence-corrected chi connectivity index (χ4v) is 3.10. The molecule has 1 atom stereocenters. The maximum atomic E-state index is 6.39. The summed E-state index contributed by atoms with van der Waals surface area (Å²) in [6.07, 6.45) is 12.7. The van der Waals surface area contributed by atoms with E-state index in [-0.39, 0.29) is 0 Å². The van der Waals surface area contributed by atoms with E-state index in [0.29, 0.717) is 11.5 Å². The Morgan fingerprint density at radius 3 is 2.29 bits per heavy atom. The molecule has 2 aliphatic rings. The molecule has 1 nitrogen and oxygen atoms in total. The summed E-state index contributed by atoms with van der Waals surface area (Å²) in [4.78, 5) is 0. The molecule has 0 aromatic carbocycles. The Morgan fingerprint density at radius 2 is 1.79 bits per heavy atom. The van der Waals surface area contributed by atoms with Crippen LogP contribution in [0, 0.1) is 11.3 Å². The summed E-state index contributed by atoms with van der Waals surface area (Å²) in [5.74, 6) is 0.976. The molecule has 0 spiro atoms. The topological polar surface area (TPSA) is 26.0 Å². The molecule has 1 heteroatoms. The van der Waals surface area contributed by atoms with Gasteiger partial charge in [-0.3, -0.25) is 0 Å². The summed E-state index contributed by atoms with van der Waals surface area (Å²) >= 11 is 0. The third-order valence-electron chi connectivity index (χ3n) is 4.70. The van der Waals surface area contributed by atoms with Crippen LogP contribution in [-0.2, 0) is 0 Å². The molecular formula is C13H25N. The van der Waals surface area contributed by atoms with Crippen LogP contribution in [0.5, 0.6) is 0 Å². The quantitative estimate of drug-likeness (QED) is 0.733. The van der Waals surface area contributed by atoms with Crippen molar-refractivity contribution in [3.63, 3.8) is 0 Å². The SMILES string of the molecule is CC1(C(N)CC2CCC2)CCCCC1. The van der Waals surface area contributed by atoms with Crippen molar-refractivity contribution in [2.24, 2.45) is 17.1 Å². The molecule has 1 unspecified atom stereocenters. The summed E-state index contributed by atoms with van der Waals surface area (Å²) in [6, 6.07) is 0.480. The first-order chi connectivity index (χ1) is 6.71. The lowest BCUT2D eigenvalue weighted by Crippen LogP contribution is -2.43. The highest BCUT2D eigenvalue weighted by Gasteiger charge is 2.35. The van der Waals surface area contributed by atoms with Crippen LogP contribution in [0.1, 0.15) is 64.7 Å². The molecule has 2 aliphatic carbocycles. The predicted octanol–water partition coefficient (Wildman–Crippen LogP) is 3.47. The van der Waals surface area contributed by atoms with Crippen LogP contribution in [0.4, 0.5) is 0 Å². The van der Waals surface area contributed by atoms with Crippen LogP contribution in [0.2, 0.25) is 0 Å². The first-order valence-electron chi connectivity index (χ1n) is 6.46. The summed E-state index contributed by atoms with van der Waals surface area (Å²) in [6.45, 7) is 2.43. The highest BCUT2D eigenvalue weighted by Crippen LogP contribution is 2.42. The highest BCUT2D eigenvalue weighted by atomic mass is 14.7. The lowest BCUT2D eigenvalue weighted by atomic mass is 9.67. The fourth-order valence-electron chi connectivity index (χ4n) is 3.10. The van der Waals surface area contributed by atoms with Crippen molar-refractivity contribution in [3.05, 3.63) is 0 Å². The van der Waals surface area contributed by atoms with Gasteiger partial charge in [-0.05, 0) is 30.6 Å². The minimum Gasteiger partial charge on any atom is -0.327 e. The third kappa shape index (κ3) is 2.13. The average Bonchev–Trinajstić information content (AvgIpc) is 2.12. The van der Waals surface area contributed by atoms with E-state index in [1.807, 2.05) is 0 Å². The molecule has 2 saturated carbocycles. The second kappa shape index (κ2) is 4.22. The first-order valence-corrected chi connectivity index (χ1v) is 6.46. The van der Waals surface area contributed by atoms with Gasteiger partial charge in [-0.2, -0.15) is 0 Å². The lowest BCUT2D eigenvalue weighted by Gasteiger charge is -2.41. The van der Waals surface area contributed by atoms with Gasteiger partial charge in [0.25, 0.3) is 0 Å². The van der Waals surface area contributed by atoms with E-state index in [1.165, 1.54) is 57.8 Å². The van der Waals surface area contributed by atoms with Crippen LogP contribution in [0.25, 0.3) is 0 Å². The standard InChI is InChI=1S/C13H25N/c1-13(8-3-2-4-9-13)12(14)10-11-6-5-7-11/h11-12H,2-10,14H2,1H3. The third-order valence-corrected chi connectivity index (χ3v) is 4.70. The second-order valence-electron chi connectivity index (χ2n) is 5.85. The molecule has 14 heavy (non-hydrogen) atoms. The fraction of sp³-hybridized carbons (Fsp3) is 1.00. The highest BCUT2D eigenvalue weighted by molar-refractivity contribution is 4.90. The minimum absolute atomic E-state index is 0.480. The zero-order chi connectivity index (χ0) is 10.0. The van der Waals surface area contributed by atoms with Gasteiger partial charge in [-0.15, -0.1) is 0 Å². The number of nitrogens with two attached hydrogens (primary N) is 1. The van der Waals surface area contributed by atoms with Crippen molar-refractivity contribution in [2.75, 3.05) is 0 Å². The molecule has 0 aliphatic heterocycles. The van der Waals surface area contributed by atoms with Gasteiger partial charge < -0.3 is 5.73 Å². The van der Waals surface area contributed by atoms with E-state index in [4.69, 9.17) is 5.73 Å². The summed E-state index contributed by atoms with van der Waals surface area (Å²) in [7, 11) is 0. The largest absolute Gasteiger partial charge is 0.327 e. The van der Waals surface area contributed by atoms with E-state index in [1.54, 1.807) is 0 Å². The molecule has 0 amide bonds. The van der Waals surface area contributed by atoms with E-state index < -0.39 is 0 Å². The maximum absolute atomic E-state index is 6.39. The van der Waals surface area contributed by atoms with Crippen molar-refractivity contribution >= 4 is 0 Å². The molecule has 0 saturated heterocycles. The van der Waals surface area contributed by atoms with E-state index >= 15 is 0 Å². The molecule has 2 fully saturated rings. The maximum Gasteiger partial charge on any atom is 0.00955 e. The van der Waals surface area contributed by atoms with Crippen LogP contribution in [-0.4, -0.2) is 6.04 Å². The summed E-state index contributed by atoms with van der Waals surface area (Å²) in [5, 5.41) is 0. The van der Waals surface area contributed by atoms with Crippen molar-refractivity contribution < 1.29 is 0 Å². The smallest absolute Gasteiger partial charge is 0.00955 e. The van der Waals surface area contributed by atoms with Crippen molar-refractivity contribution in [2.45, 2.75) is 70.8 Å². The summed E-state index contributed by atoms with van der Waals surface area (Å²) < 4.78 is 0. The Bertz CT molecular complexity index is 178. The monoisotopic (exact) mass is 195 g/mol. The zero-order valence-electron chi connectivity index (χ0n) is 9.60. The van der Waals surface area contributed by atoms with Gasteiger partial charge in [-0.25, -0.2) is 0 Å². The van der Waals surface area contributed by atoms with Crippen molar-refractivity contribution in [3.8, 4) is 0 Å². The van der Waals surface area contributed by atoms with Crippen molar-refractivity contribution in [1.29, 1.82) is 0 Å². The molecule has 2 rings (SSSR count). The van der Waals surface area contributed by atoms with Gasteiger partial charge in [0.15, 0.2) is 0 Å². The van der Waals surface area contributed by atoms with Gasteiger partial charge in [0.05, 0.1) is 0 Å². The van der Waals surface area contributed by atoms with Gasteiger partial charge in [-0.1, -0.05) is 45.4 Å². The van der Waals surface area contributed by atoms with Gasteiger partial charge >= 0.3 is 0 Å². The van der Waals surface area contributed by atoms with Crippen LogP contribution >= 0.6 is 0 Å². The first kappa shape index (κ1) is 10.5. The Balaban J connectivity index is 1.83. The average molecular weight is 195 g/mol. The van der Waals surface area contributed by atoms with Crippen LogP contribution < -0.4 is 5.73 Å². The molecule has 0 aromatic rings. The minimum atomic E-state index is 0.480. The van der Waals surface area contributed by atoms with E-state index in [9.17, 15) is 0 Å². The molecule has 0 aromatic heterocycles. The van der Waals surface area contributed by atoms with E-state index in [2.05, 4.69) is 6.92 Å². The van der Waals surface area contributed by atoms with E-state index in [0.717, 1.165) is 5.92 Å². The zero-order valence-corrected chi connectivity index (χ0v) is 9.60. The Kier molecular flexibility index (Phi) is 3.16. The molecule has 0 heterocycles. The lowest BCUT2D eigenvalue weighted by molar-refractivity contribution is 0.133. The van der Waals surface area contributed by atoms with Gasteiger partial charge in [0.2, 0.25) is 0 Å². The number of rotatable bonds is 3. The molecule has 0 bridgehead atoms. The normalized spacial score (nSPS) is 29.6. The van der Waals surface area contributed by atoms with Gasteiger partial charge in [0.1, 0.15) is 0 Å². The number of hydrogen-bond donors (Lipinski definition) is 1. The van der Waals surface area contributed by atoms with Crippen LogP contribution in [0.3, 0.4) is 0 Å². The van der Waals surface area contributed by atoms with Crippen LogP contribution in [0.15, 0.2) is 0 Å². The van der Waals surface area contributed by atoms with Crippen molar-refractivity contribution in [1.82, 2.24) is 0 Å². The van der Waals surface area contributed by atoms with Gasteiger partial charge in [0, 0.05) is 6.04 Å². The molecular weight excluding hydrogens is 170 g/mol. The molecule has 2 N–H and O–H groups in total. The molecule has 0 radical (unpaired) electrons. The number of hydrogen-bond acceptors (Lipinski definition) is 1.